The molecule has 3 saturated heterocycles. The van der Waals surface area contributed by atoms with Crippen LogP contribution in [0.25, 0.3) is 0 Å². The van der Waals surface area contributed by atoms with E-state index in [1.165, 1.54) is 0 Å². The van der Waals surface area contributed by atoms with Crippen LogP contribution in [0.2, 0.25) is 0 Å². The molecule has 6 nitrogen and oxygen atoms in total. The Morgan fingerprint density at radius 1 is 1.00 bits per heavy atom. The third-order valence-corrected chi connectivity index (χ3v) is 8.16. The minimum Gasteiger partial charge on any atom is -0.355 e. The van der Waals surface area contributed by atoms with Crippen LogP contribution in [0.4, 0.5) is 8.78 Å². The molecule has 3 aliphatic heterocycles. The second kappa shape index (κ2) is 11.2. The summed E-state index contributed by atoms with van der Waals surface area (Å²) in [6.07, 6.45) is 5.23. The lowest BCUT2D eigenvalue weighted by atomic mass is 9.84. The molecular formula is C24H40F2N4O2. The minimum absolute atomic E-state index is 0.0419. The van der Waals surface area contributed by atoms with Crippen molar-refractivity contribution < 1.29 is 18.4 Å². The quantitative estimate of drug-likeness (QED) is 0.517. The molecule has 1 saturated carbocycles. The van der Waals surface area contributed by atoms with E-state index in [1.54, 1.807) is 4.90 Å². The number of carbonyl (C=O) groups excluding carboxylic acids is 2. The zero-order chi connectivity index (χ0) is 22.5. The number of nitrogens with one attached hydrogen (secondary N) is 3. The number of piperidine rings is 2. The van der Waals surface area contributed by atoms with Crippen molar-refractivity contribution in [2.24, 2.45) is 17.8 Å². The van der Waals surface area contributed by atoms with E-state index in [0.717, 1.165) is 58.0 Å². The molecule has 0 aromatic carbocycles. The van der Waals surface area contributed by atoms with Gasteiger partial charge in [0.25, 0.3) is 0 Å². The Morgan fingerprint density at radius 2 is 1.81 bits per heavy atom. The fraction of sp³-hybridized carbons (Fsp3) is 0.917. The van der Waals surface area contributed by atoms with E-state index in [2.05, 4.69) is 16.0 Å². The first-order valence-corrected chi connectivity index (χ1v) is 12.8. The van der Waals surface area contributed by atoms with E-state index < -0.39 is 18.3 Å². The highest BCUT2D eigenvalue weighted by Crippen LogP contribution is 2.32. The van der Waals surface area contributed by atoms with Gasteiger partial charge in [0, 0.05) is 25.7 Å². The number of fused-ring (bicyclic) bond motifs is 1. The topological polar surface area (TPSA) is 73.5 Å². The number of unbranched alkanes of at least 4 members (excludes halogenated alkanes) is 1. The number of hydrogen-bond acceptors (Lipinski definition) is 4. The van der Waals surface area contributed by atoms with Crippen LogP contribution in [-0.4, -0.2) is 73.9 Å². The number of hydrogen-bond donors (Lipinski definition) is 3. The first kappa shape index (κ1) is 23.9. The van der Waals surface area contributed by atoms with Gasteiger partial charge in [-0.3, -0.25) is 9.59 Å². The molecular weight excluding hydrogens is 414 g/mol. The fourth-order valence-electron chi connectivity index (χ4n) is 6.11. The summed E-state index contributed by atoms with van der Waals surface area (Å²) < 4.78 is 27.8. The zero-order valence-electron chi connectivity index (χ0n) is 19.2. The number of halogens is 2. The van der Waals surface area contributed by atoms with Gasteiger partial charge in [-0.1, -0.05) is 12.8 Å². The van der Waals surface area contributed by atoms with Crippen molar-refractivity contribution in [3.05, 3.63) is 0 Å². The van der Waals surface area contributed by atoms with Gasteiger partial charge < -0.3 is 20.9 Å². The van der Waals surface area contributed by atoms with Crippen LogP contribution in [0.5, 0.6) is 0 Å². The lowest BCUT2D eigenvalue weighted by molar-refractivity contribution is -0.141. The Bertz CT molecular complexity index is 629. The minimum atomic E-state index is -1.19. The number of carbonyl (C=O) groups is 2. The van der Waals surface area contributed by atoms with Gasteiger partial charge in [-0.2, -0.15) is 0 Å². The van der Waals surface area contributed by atoms with Gasteiger partial charge in [0.05, 0.1) is 12.0 Å². The molecule has 6 atom stereocenters. The third-order valence-electron chi connectivity index (χ3n) is 8.16. The van der Waals surface area contributed by atoms with Crippen molar-refractivity contribution in [2.45, 2.75) is 88.6 Å². The average Bonchev–Trinajstić information content (AvgIpc) is 3.25. The second-order valence-electron chi connectivity index (χ2n) is 10.4. The van der Waals surface area contributed by atoms with Crippen LogP contribution in [0, 0.1) is 17.8 Å². The van der Waals surface area contributed by atoms with Crippen molar-refractivity contribution in [3.63, 3.8) is 0 Å². The molecule has 6 unspecified atom stereocenters. The Morgan fingerprint density at radius 3 is 2.59 bits per heavy atom. The summed E-state index contributed by atoms with van der Waals surface area (Å²) in [6.45, 7) is 4.07. The normalized spacial score (nSPS) is 36.0. The molecule has 0 radical (unpaired) electrons. The maximum atomic E-state index is 14.1. The number of rotatable bonds is 7. The molecule has 1 aliphatic carbocycles. The molecule has 4 fully saturated rings. The molecule has 8 heteroatoms. The Hall–Kier alpha value is -1.28. The van der Waals surface area contributed by atoms with Crippen molar-refractivity contribution in [1.29, 1.82) is 0 Å². The highest BCUT2D eigenvalue weighted by molar-refractivity contribution is 5.82. The van der Waals surface area contributed by atoms with Gasteiger partial charge in [0.2, 0.25) is 11.8 Å². The molecule has 3 heterocycles. The van der Waals surface area contributed by atoms with E-state index in [1.807, 2.05) is 0 Å². The van der Waals surface area contributed by atoms with Crippen molar-refractivity contribution in [1.82, 2.24) is 20.9 Å². The zero-order valence-corrected chi connectivity index (χ0v) is 19.2. The summed E-state index contributed by atoms with van der Waals surface area (Å²) in [7, 11) is 0. The Balaban J connectivity index is 1.07. The highest BCUT2D eigenvalue weighted by Gasteiger charge is 2.39. The molecule has 2 amide bonds. The molecule has 32 heavy (non-hydrogen) atoms. The van der Waals surface area contributed by atoms with Crippen LogP contribution >= 0.6 is 0 Å². The monoisotopic (exact) mass is 454 g/mol. The van der Waals surface area contributed by atoms with E-state index in [9.17, 15) is 18.4 Å². The lowest BCUT2D eigenvalue weighted by Gasteiger charge is -2.36. The van der Waals surface area contributed by atoms with Crippen LogP contribution in [0.3, 0.4) is 0 Å². The molecule has 3 N–H and O–H groups in total. The van der Waals surface area contributed by atoms with Gasteiger partial charge in [-0.05, 0) is 76.3 Å². The molecule has 4 aliphatic rings. The number of likely N-dealkylation sites (tertiary alicyclic amines) is 1. The van der Waals surface area contributed by atoms with Gasteiger partial charge in [0.1, 0.15) is 12.3 Å². The van der Waals surface area contributed by atoms with Crippen LogP contribution in [0.15, 0.2) is 0 Å². The predicted octanol–water partition coefficient (Wildman–Crippen LogP) is 2.33. The fourth-order valence-corrected chi connectivity index (χ4v) is 6.11. The van der Waals surface area contributed by atoms with E-state index in [0.29, 0.717) is 37.5 Å². The van der Waals surface area contributed by atoms with Gasteiger partial charge in [-0.25, -0.2) is 8.78 Å². The SMILES string of the molecule is O=C(NCCCCC1CCN(C(=O)C2CC(F)CCC2F)CC1)C1CC2CNCCC2N1. The number of amides is 2. The summed E-state index contributed by atoms with van der Waals surface area (Å²) in [4.78, 5) is 26.8. The predicted molar refractivity (Wildman–Crippen MR) is 120 cm³/mol. The third kappa shape index (κ3) is 5.99. The molecule has 0 aromatic rings. The van der Waals surface area contributed by atoms with Crippen molar-refractivity contribution in [3.8, 4) is 0 Å². The van der Waals surface area contributed by atoms with Gasteiger partial charge in [-0.15, -0.1) is 0 Å². The Labute approximate surface area is 190 Å². The smallest absolute Gasteiger partial charge is 0.237 e. The van der Waals surface area contributed by atoms with Crippen molar-refractivity contribution in [2.75, 3.05) is 32.7 Å². The van der Waals surface area contributed by atoms with Crippen LogP contribution < -0.4 is 16.0 Å². The summed E-state index contributed by atoms with van der Waals surface area (Å²) >= 11 is 0. The highest BCUT2D eigenvalue weighted by atomic mass is 19.1. The summed E-state index contributed by atoms with van der Waals surface area (Å²) in [6, 6.07) is 0.435. The molecule has 0 aromatic heterocycles. The summed E-state index contributed by atoms with van der Waals surface area (Å²) in [5.41, 5.74) is 0. The standard InChI is InChI=1S/C24H40F2N4O2/c25-18-4-5-20(26)19(14-18)24(32)30-11-7-16(8-12-30)3-1-2-9-28-23(31)22-13-17-15-27-10-6-21(17)29-22/h16-22,27,29H,1-15H2,(H,28,31). The van der Waals surface area contributed by atoms with Crippen molar-refractivity contribution >= 4 is 11.8 Å². The Kier molecular flexibility index (Phi) is 8.38. The molecule has 182 valence electrons. The first-order chi connectivity index (χ1) is 15.5. The largest absolute Gasteiger partial charge is 0.355 e. The molecule has 4 rings (SSSR count). The van der Waals surface area contributed by atoms with E-state index in [4.69, 9.17) is 0 Å². The van der Waals surface area contributed by atoms with Crippen LogP contribution in [0.1, 0.15) is 64.2 Å². The average molecular weight is 455 g/mol. The first-order valence-electron chi connectivity index (χ1n) is 12.8. The maximum Gasteiger partial charge on any atom is 0.237 e. The second-order valence-corrected chi connectivity index (χ2v) is 10.4. The molecule has 0 spiro atoms. The summed E-state index contributed by atoms with van der Waals surface area (Å²) in [5.74, 6) is 0.314. The molecule has 0 bridgehead atoms. The van der Waals surface area contributed by atoms with Gasteiger partial charge in [0.15, 0.2) is 0 Å². The maximum absolute atomic E-state index is 14.1. The number of alkyl halides is 2. The lowest BCUT2D eigenvalue weighted by Crippen LogP contribution is -2.46. The number of nitrogens with zero attached hydrogens (tertiary/aromatic N) is 1. The van der Waals surface area contributed by atoms with E-state index >= 15 is 0 Å². The summed E-state index contributed by atoms with van der Waals surface area (Å²) in [5, 5.41) is 10.0. The van der Waals surface area contributed by atoms with E-state index in [-0.39, 0.29) is 37.1 Å². The van der Waals surface area contributed by atoms with Gasteiger partial charge >= 0.3 is 0 Å². The van der Waals surface area contributed by atoms with Crippen LogP contribution in [-0.2, 0) is 9.59 Å².